The molecule has 2 bridgehead atoms. The third kappa shape index (κ3) is 1.23. The molecule has 2 heteroatoms. The van der Waals surface area contributed by atoms with E-state index in [1.54, 1.807) is 0 Å². The average molecular weight is 172 g/mol. The van der Waals surface area contributed by atoms with Crippen LogP contribution in [0.4, 0.5) is 0 Å². The van der Waals surface area contributed by atoms with E-state index in [4.69, 9.17) is 10.5 Å². The fourth-order valence-corrected chi connectivity index (χ4v) is 2.84. The molecule has 0 saturated heterocycles. The van der Waals surface area contributed by atoms with Crippen LogP contribution in [0, 0.1) is 46.3 Å². The molecule has 1 saturated carbocycles. The van der Waals surface area contributed by atoms with Crippen molar-refractivity contribution in [3.05, 3.63) is 12.2 Å². The van der Waals surface area contributed by atoms with Gasteiger partial charge in [0.1, 0.15) is 0 Å². The molecular formula is C11H12N2. The maximum atomic E-state index is 8.68. The fourth-order valence-electron chi connectivity index (χ4n) is 2.84. The number of rotatable bonds is 2. The van der Waals surface area contributed by atoms with Gasteiger partial charge in [-0.15, -0.1) is 0 Å². The van der Waals surface area contributed by atoms with Crippen molar-refractivity contribution in [1.82, 2.24) is 0 Å². The Morgan fingerprint density at radius 3 is 1.85 bits per heavy atom. The molecule has 0 radical (unpaired) electrons. The largest absolute Gasteiger partial charge is 0.198 e. The van der Waals surface area contributed by atoms with Gasteiger partial charge >= 0.3 is 0 Å². The minimum absolute atomic E-state index is 0.458. The van der Waals surface area contributed by atoms with Crippen molar-refractivity contribution in [3.63, 3.8) is 0 Å². The normalized spacial score (nSPS) is 40.2. The van der Waals surface area contributed by atoms with Crippen LogP contribution >= 0.6 is 0 Å². The number of allylic oxidation sites excluding steroid dienone is 2. The van der Waals surface area contributed by atoms with Crippen LogP contribution in [0.2, 0.25) is 0 Å². The molecular weight excluding hydrogens is 160 g/mol. The van der Waals surface area contributed by atoms with Gasteiger partial charge in [0.25, 0.3) is 0 Å². The Morgan fingerprint density at radius 2 is 1.46 bits per heavy atom. The molecule has 13 heavy (non-hydrogen) atoms. The first-order valence-electron chi connectivity index (χ1n) is 4.79. The van der Waals surface area contributed by atoms with E-state index in [9.17, 15) is 0 Å². The summed E-state index contributed by atoms with van der Waals surface area (Å²) in [5.74, 6) is 2.09. The first-order valence-corrected chi connectivity index (χ1v) is 4.79. The molecule has 2 aliphatic rings. The number of hydrogen-bond acceptors (Lipinski definition) is 2. The summed E-state index contributed by atoms with van der Waals surface area (Å²) >= 11 is 0. The smallest absolute Gasteiger partial charge is 0.0625 e. The highest BCUT2D eigenvalue weighted by Gasteiger charge is 2.43. The lowest BCUT2D eigenvalue weighted by Crippen LogP contribution is -2.18. The zero-order valence-electron chi connectivity index (χ0n) is 7.48. The van der Waals surface area contributed by atoms with Crippen molar-refractivity contribution in [2.75, 3.05) is 0 Å². The minimum atomic E-state index is 0.458. The molecule has 66 valence electrons. The Kier molecular flexibility index (Phi) is 2.07. The van der Waals surface area contributed by atoms with Gasteiger partial charge in [0.2, 0.25) is 0 Å². The van der Waals surface area contributed by atoms with E-state index in [0.29, 0.717) is 36.5 Å². The standard InChI is InChI=1S/C11H12N2/c12-5-3-10-8-1-2-9(7-8)11(10)4-6-13/h1-2,8-11H,3-4,7H2/t8-,9+,10+,11-. The molecule has 4 atom stereocenters. The molecule has 0 unspecified atom stereocenters. The van der Waals surface area contributed by atoms with Crippen molar-refractivity contribution in [3.8, 4) is 12.1 Å². The van der Waals surface area contributed by atoms with E-state index in [-0.39, 0.29) is 0 Å². The summed E-state index contributed by atoms with van der Waals surface area (Å²) in [4.78, 5) is 0. The summed E-state index contributed by atoms with van der Waals surface area (Å²) < 4.78 is 0. The summed E-state index contributed by atoms with van der Waals surface area (Å²) in [5.41, 5.74) is 0. The first kappa shape index (κ1) is 8.32. The highest BCUT2D eigenvalue weighted by Crippen LogP contribution is 2.50. The van der Waals surface area contributed by atoms with Gasteiger partial charge < -0.3 is 0 Å². The van der Waals surface area contributed by atoms with Crippen molar-refractivity contribution >= 4 is 0 Å². The van der Waals surface area contributed by atoms with Gasteiger partial charge in [-0.25, -0.2) is 0 Å². The Morgan fingerprint density at radius 1 is 1.00 bits per heavy atom. The zero-order valence-corrected chi connectivity index (χ0v) is 7.48. The molecule has 1 fully saturated rings. The summed E-state index contributed by atoms with van der Waals surface area (Å²) in [6.07, 6.45) is 6.90. The van der Waals surface area contributed by atoms with Crippen molar-refractivity contribution in [1.29, 1.82) is 10.5 Å². The first-order chi connectivity index (χ1) is 6.36. The Hall–Kier alpha value is -1.28. The van der Waals surface area contributed by atoms with E-state index >= 15 is 0 Å². The highest BCUT2D eigenvalue weighted by molar-refractivity contribution is 5.15. The number of nitriles is 2. The summed E-state index contributed by atoms with van der Waals surface area (Å²) in [6.45, 7) is 0. The molecule has 0 spiro atoms. The molecule has 2 nitrogen and oxygen atoms in total. The summed E-state index contributed by atoms with van der Waals surface area (Å²) in [7, 11) is 0. The third-order valence-corrected chi connectivity index (χ3v) is 3.45. The van der Waals surface area contributed by atoms with Crippen LogP contribution in [0.5, 0.6) is 0 Å². The van der Waals surface area contributed by atoms with E-state index in [1.807, 2.05) is 0 Å². The maximum absolute atomic E-state index is 8.68. The molecule has 0 aliphatic heterocycles. The lowest BCUT2D eigenvalue weighted by atomic mass is 9.80. The van der Waals surface area contributed by atoms with E-state index in [1.165, 1.54) is 6.42 Å². The molecule has 0 heterocycles. The third-order valence-electron chi connectivity index (χ3n) is 3.45. The van der Waals surface area contributed by atoms with Gasteiger partial charge in [0.15, 0.2) is 0 Å². The second kappa shape index (κ2) is 3.23. The monoisotopic (exact) mass is 172 g/mol. The van der Waals surface area contributed by atoms with E-state index < -0.39 is 0 Å². The van der Waals surface area contributed by atoms with Gasteiger partial charge in [-0.2, -0.15) is 10.5 Å². The van der Waals surface area contributed by atoms with Crippen LogP contribution in [-0.4, -0.2) is 0 Å². The molecule has 2 aliphatic carbocycles. The summed E-state index contributed by atoms with van der Waals surface area (Å²) in [6, 6.07) is 4.48. The van der Waals surface area contributed by atoms with Crippen LogP contribution in [0.3, 0.4) is 0 Å². The molecule has 0 N–H and O–H groups in total. The maximum Gasteiger partial charge on any atom is 0.0625 e. The van der Waals surface area contributed by atoms with Gasteiger partial charge in [0, 0.05) is 12.8 Å². The van der Waals surface area contributed by atoms with Crippen LogP contribution in [-0.2, 0) is 0 Å². The lowest BCUT2D eigenvalue weighted by Gasteiger charge is -2.23. The zero-order chi connectivity index (χ0) is 9.26. The average Bonchev–Trinajstić information content (AvgIpc) is 2.69. The van der Waals surface area contributed by atoms with Gasteiger partial charge in [-0.05, 0) is 30.1 Å². The minimum Gasteiger partial charge on any atom is -0.198 e. The molecule has 0 aromatic rings. The van der Waals surface area contributed by atoms with Gasteiger partial charge in [-0.1, -0.05) is 12.2 Å². The SMILES string of the molecule is N#CC[C@@H]1[C@H](CC#N)[C@H]2C=C[C@@H]1C2. The number of fused-ring (bicyclic) bond motifs is 2. The van der Waals surface area contributed by atoms with Crippen LogP contribution in [0.15, 0.2) is 12.2 Å². The van der Waals surface area contributed by atoms with Crippen molar-refractivity contribution < 1.29 is 0 Å². The predicted molar refractivity (Wildman–Crippen MR) is 48.2 cm³/mol. The van der Waals surface area contributed by atoms with Crippen molar-refractivity contribution in [2.45, 2.75) is 19.3 Å². The Labute approximate surface area is 78.5 Å². The van der Waals surface area contributed by atoms with Crippen LogP contribution < -0.4 is 0 Å². The number of nitrogens with zero attached hydrogens (tertiary/aromatic N) is 2. The second-order valence-corrected chi connectivity index (χ2v) is 4.00. The summed E-state index contributed by atoms with van der Waals surface area (Å²) in [5, 5.41) is 17.4. The fraction of sp³-hybridized carbons (Fsp3) is 0.636. The van der Waals surface area contributed by atoms with Gasteiger partial charge in [0.05, 0.1) is 12.1 Å². The van der Waals surface area contributed by atoms with Crippen LogP contribution in [0.25, 0.3) is 0 Å². The lowest BCUT2D eigenvalue weighted by molar-refractivity contribution is 0.320. The highest BCUT2D eigenvalue weighted by atomic mass is 14.5. The second-order valence-electron chi connectivity index (χ2n) is 4.00. The van der Waals surface area contributed by atoms with Crippen molar-refractivity contribution in [2.24, 2.45) is 23.7 Å². The van der Waals surface area contributed by atoms with Gasteiger partial charge in [-0.3, -0.25) is 0 Å². The van der Waals surface area contributed by atoms with E-state index in [0.717, 1.165) is 0 Å². The molecule has 0 aromatic carbocycles. The van der Waals surface area contributed by atoms with Crippen LogP contribution in [0.1, 0.15) is 19.3 Å². The molecule has 0 aromatic heterocycles. The van der Waals surface area contributed by atoms with E-state index in [2.05, 4.69) is 24.3 Å². The Balaban J connectivity index is 2.13. The molecule has 0 amide bonds. The quantitative estimate of drug-likeness (QED) is 0.600. The Bertz CT molecular complexity index is 275. The topological polar surface area (TPSA) is 47.6 Å². The number of hydrogen-bond donors (Lipinski definition) is 0. The predicted octanol–water partition coefficient (Wildman–Crippen LogP) is 2.25. The molecule has 2 rings (SSSR count).